The number of nitrogens with two attached hydrogens (primary N) is 1. The monoisotopic (exact) mass is 251 g/mol. The van der Waals surface area contributed by atoms with Crippen molar-refractivity contribution in [3.8, 4) is 5.88 Å². The van der Waals surface area contributed by atoms with E-state index >= 15 is 0 Å². The van der Waals surface area contributed by atoms with Crippen molar-refractivity contribution < 1.29 is 9.47 Å². The van der Waals surface area contributed by atoms with Crippen LogP contribution in [-0.4, -0.2) is 30.6 Å². The van der Waals surface area contributed by atoms with Crippen LogP contribution in [0.3, 0.4) is 0 Å². The zero-order chi connectivity index (χ0) is 13.5. The van der Waals surface area contributed by atoms with Crippen LogP contribution in [-0.2, 0) is 4.74 Å². The van der Waals surface area contributed by atoms with Gasteiger partial charge in [0, 0.05) is 23.9 Å². The zero-order valence-corrected chi connectivity index (χ0v) is 11.2. The Kier molecular flexibility index (Phi) is 5.58. The molecule has 5 heteroatoms. The predicted octanol–water partition coefficient (Wildman–Crippen LogP) is 1.73. The maximum atomic E-state index is 7.39. The Hall–Kier alpha value is -1.62. The van der Waals surface area contributed by atoms with Crippen molar-refractivity contribution in [3.63, 3.8) is 0 Å². The minimum absolute atomic E-state index is 0.0152. The molecule has 0 amide bonds. The van der Waals surface area contributed by atoms with Gasteiger partial charge in [0.15, 0.2) is 0 Å². The summed E-state index contributed by atoms with van der Waals surface area (Å²) < 4.78 is 10.9. The number of rotatable bonds is 7. The SMILES string of the molecule is Cc1cc(C(=N)N)cc(OCCOCC(C)C)n1. The molecule has 1 aromatic rings. The highest BCUT2D eigenvalue weighted by Crippen LogP contribution is 2.11. The Labute approximate surface area is 108 Å². The Balaban J connectivity index is 2.44. The molecular weight excluding hydrogens is 230 g/mol. The number of ether oxygens (including phenoxy) is 2. The summed E-state index contributed by atoms with van der Waals surface area (Å²) in [6.45, 7) is 7.74. The molecule has 0 unspecified atom stereocenters. The molecule has 0 spiro atoms. The summed E-state index contributed by atoms with van der Waals surface area (Å²) in [5.74, 6) is 1.01. The molecule has 0 fully saturated rings. The first-order valence-corrected chi connectivity index (χ1v) is 6.02. The van der Waals surface area contributed by atoms with Gasteiger partial charge in [0.05, 0.1) is 6.61 Å². The summed E-state index contributed by atoms with van der Waals surface area (Å²) >= 11 is 0. The van der Waals surface area contributed by atoms with E-state index < -0.39 is 0 Å². The van der Waals surface area contributed by atoms with Gasteiger partial charge >= 0.3 is 0 Å². The van der Waals surface area contributed by atoms with Gasteiger partial charge in [0.1, 0.15) is 12.4 Å². The lowest BCUT2D eigenvalue weighted by Crippen LogP contribution is -2.14. The first-order valence-electron chi connectivity index (χ1n) is 6.02. The van der Waals surface area contributed by atoms with Crippen molar-refractivity contribution in [1.29, 1.82) is 5.41 Å². The number of pyridine rings is 1. The fraction of sp³-hybridized carbons (Fsp3) is 0.538. The van der Waals surface area contributed by atoms with E-state index in [2.05, 4.69) is 18.8 Å². The molecule has 3 N–H and O–H groups in total. The van der Waals surface area contributed by atoms with Gasteiger partial charge < -0.3 is 15.2 Å². The first kappa shape index (κ1) is 14.4. The number of hydrogen-bond acceptors (Lipinski definition) is 4. The van der Waals surface area contributed by atoms with E-state index in [0.29, 0.717) is 30.6 Å². The van der Waals surface area contributed by atoms with E-state index in [1.165, 1.54) is 0 Å². The van der Waals surface area contributed by atoms with Crippen LogP contribution in [0.5, 0.6) is 5.88 Å². The van der Waals surface area contributed by atoms with Gasteiger partial charge in [-0.05, 0) is 18.9 Å². The summed E-state index contributed by atoms with van der Waals surface area (Å²) in [6.07, 6.45) is 0. The van der Waals surface area contributed by atoms with Crippen LogP contribution in [0.25, 0.3) is 0 Å². The smallest absolute Gasteiger partial charge is 0.214 e. The van der Waals surface area contributed by atoms with E-state index in [1.54, 1.807) is 12.1 Å². The first-order chi connectivity index (χ1) is 8.49. The van der Waals surface area contributed by atoms with Crippen LogP contribution in [0, 0.1) is 18.3 Å². The second-order valence-corrected chi connectivity index (χ2v) is 4.57. The Morgan fingerprint density at radius 3 is 2.72 bits per heavy atom. The van der Waals surface area contributed by atoms with Crippen LogP contribution in [0.1, 0.15) is 25.1 Å². The third kappa shape index (κ3) is 5.14. The number of aryl methyl sites for hydroxylation is 1. The second kappa shape index (κ2) is 6.96. The molecule has 18 heavy (non-hydrogen) atoms. The normalized spacial score (nSPS) is 10.7. The number of nitrogens with zero attached hydrogens (tertiary/aromatic N) is 1. The van der Waals surface area contributed by atoms with Gasteiger partial charge in [0.2, 0.25) is 5.88 Å². The second-order valence-electron chi connectivity index (χ2n) is 4.57. The summed E-state index contributed by atoms with van der Waals surface area (Å²) in [5, 5.41) is 7.39. The average molecular weight is 251 g/mol. The van der Waals surface area contributed by atoms with Crippen LogP contribution < -0.4 is 10.5 Å². The highest BCUT2D eigenvalue weighted by atomic mass is 16.5. The summed E-state index contributed by atoms with van der Waals surface area (Å²) in [6, 6.07) is 3.42. The van der Waals surface area contributed by atoms with E-state index in [1.807, 2.05) is 6.92 Å². The minimum Gasteiger partial charge on any atom is -0.475 e. The molecule has 1 rings (SSSR count). The summed E-state index contributed by atoms with van der Waals surface area (Å²) in [4.78, 5) is 4.22. The number of nitrogen functional groups attached to an aromatic ring is 1. The number of nitrogens with one attached hydrogen (secondary N) is 1. The molecule has 0 atom stereocenters. The molecule has 0 saturated carbocycles. The van der Waals surface area contributed by atoms with Gasteiger partial charge in [-0.1, -0.05) is 13.8 Å². The van der Waals surface area contributed by atoms with E-state index in [0.717, 1.165) is 12.3 Å². The maximum absolute atomic E-state index is 7.39. The number of hydrogen-bond donors (Lipinski definition) is 2. The lowest BCUT2D eigenvalue weighted by atomic mass is 10.2. The molecule has 0 aliphatic carbocycles. The summed E-state index contributed by atoms with van der Waals surface area (Å²) in [7, 11) is 0. The predicted molar refractivity (Wildman–Crippen MR) is 71.1 cm³/mol. The van der Waals surface area contributed by atoms with Crippen LogP contribution in [0.15, 0.2) is 12.1 Å². The molecule has 0 aliphatic rings. The van der Waals surface area contributed by atoms with Crippen molar-refractivity contribution in [2.75, 3.05) is 19.8 Å². The lowest BCUT2D eigenvalue weighted by Gasteiger charge is -2.09. The molecule has 1 aromatic heterocycles. The lowest BCUT2D eigenvalue weighted by molar-refractivity contribution is 0.0806. The van der Waals surface area contributed by atoms with Crippen molar-refractivity contribution in [2.45, 2.75) is 20.8 Å². The highest BCUT2D eigenvalue weighted by Gasteiger charge is 2.03. The molecule has 0 saturated heterocycles. The highest BCUT2D eigenvalue weighted by molar-refractivity contribution is 5.95. The van der Waals surface area contributed by atoms with Gasteiger partial charge in [-0.15, -0.1) is 0 Å². The van der Waals surface area contributed by atoms with Crippen LogP contribution >= 0.6 is 0 Å². The largest absolute Gasteiger partial charge is 0.475 e. The molecular formula is C13H21N3O2. The third-order valence-corrected chi connectivity index (χ3v) is 2.17. The molecule has 0 bridgehead atoms. The van der Waals surface area contributed by atoms with Crippen LogP contribution in [0.4, 0.5) is 0 Å². The molecule has 0 aliphatic heterocycles. The summed E-state index contributed by atoms with van der Waals surface area (Å²) in [5.41, 5.74) is 6.84. The third-order valence-electron chi connectivity index (χ3n) is 2.17. The van der Waals surface area contributed by atoms with E-state index in [-0.39, 0.29) is 5.84 Å². The van der Waals surface area contributed by atoms with E-state index in [9.17, 15) is 0 Å². The Bertz CT molecular complexity index is 405. The molecule has 0 radical (unpaired) electrons. The van der Waals surface area contributed by atoms with Gasteiger partial charge in [-0.3, -0.25) is 5.41 Å². The molecule has 0 aromatic carbocycles. The van der Waals surface area contributed by atoms with Gasteiger partial charge in [-0.2, -0.15) is 0 Å². The fourth-order valence-corrected chi connectivity index (χ4v) is 1.39. The van der Waals surface area contributed by atoms with E-state index in [4.69, 9.17) is 20.6 Å². The van der Waals surface area contributed by atoms with Crippen molar-refractivity contribution >= 4 is 5.84 Å². The van der Waals surface area contributed by atoms with Crippen LogP contribution in [0.2, 0.25) is 0 Å². The number of aromatic nitrogens is 1. The molecule has 100 valence electrons. The van der Waals surface area contributed by atoms with Gasteiger partial charge in [-0.25, -0.2) is 4.98 Å². The van der Waals surface area contributed by atoms with Gasteiger partial charge in [0.25, 0.3) is 0 Å². The maximum Gasteiger partial charge on any atom is 0.214 e. The zero-order valence-electron chi connectivity index (χ0n) is 11.2. The van der Waals surface area contributed by atoms with Crippen molar-refractivity contribution in [1.82, 2.24) is 4.98 Å². The Morgan fingerprint density at radius 1 is 1.39 bits per heavy atom. The molecule has 5 nitrogen and oxygen atoms in total. The topological polar surface area (TPSA) is 81.2 Å². The number of amidine groups is 1. The van der Waals surface area contributed by atoms with Crippen molar-refractivity contribution in [2.24, 2.45) is 11.7 Å². The molecule has 1 heterocycles. The van der Waals surface area contributed by atoms with Crippen molar-refractivity contribution in [3.05, 3.63) is 23.4 Å². The quantitative estimate of drug-likeness (QED) is 0.439. The standard InChI is InChI=1S/C13H21N3O2/c1-9(2)8-17-4-5-18-12-7-11(13(14)15)6-10(3)16-12/h6-7,9H,4-5,8H2,1-3H3,(H3,14,15). The minimum atomic E-state index is 0.0152. The average Bonchev–Trinajstić information content (AvgIpc) is 2.27. The Morgan fingerprint density at radius 2 is 2.11 bits per heavy atom. The fourth-order valence-electron chi connectivity index (χ4n) is 1.39.